The molecular formula is C13H21N7O. The predicted octanol–water partition coefficient (Wildman–Crippen LogP) is 0.514. The molecule has 0 spiro atoms. The number of rotatable bonds is 6. The molecule has 8 nitrogen and oxygen atoms in total. The maximum atomic E-state index is 11.6. The molecule has 0 aliphatic rings. The second-order valence-electron chi connectivity index (χ2n) is 5.50. The summed E-state index contributed by atoms with van der Waals surface area (Å²) in [5.74, 6) is 1.92. The van der Waals surface area contributed by atoms with E-state index in [1.165, 1.54) is 4.40 Å². The van der Waals surface area contributed by atoms with E-state index >= 15 is 0 Å². The fraction of sp³-hybridized carbons (Fsp3) is 0.538. The van der Waals surface area contributed by atoms with Gasteiger partial charge in [0, 0.05) is 25.6 Å². The highest BCUT2D eigenvalue weighted by molar-refractivity contribution is 5.77. The molecule has 2 heterocycles. The summed E-state index contributed by atoms with van der Waals surface area (Å²) in [4.78, 5) is 18.2. The van der Waals surface area contributed by atoms with Crippen molar-refractivity contribution in [2.75, 3.05) is 18.0 Å². The Labute approximate surface area is 122 Å². The van der Waals surface area contributed by atoms with E-state index in [4.69, 9.17) is 11.1 Å². The Morgan fingerprint density at radius 1 is 1.57 bits per heavy atom. The minimum Gasteiger partial charge on any atom is -0.388 e. The molecule has 0 saturated carbocycles. The number of fused-ring (bicyclic) bond motifs is 1. The Kier molecular flexibility index (Phi) is 4.25. The third-order valence-electron chi connectivity index (χ3n) is 3.12. The van der Waals surface area contributed by atoms with Gasteiger partial charge in [-0.15, -0.1) is 0 Å². The third-order valence-corrected chi connectivity index (χ3v) is 3.12. The van der Waals surface area contributed by atoms with Crippen LogP contribution in [0.4, 0.5) is 5.82 Å². The van der Waals surface area contributed by atoms with Gasteiger partial charge in [0.05, 0.1) is 5.84 Å². The minimum absolute atomic E-state index is 0.151. The quantitative estimate of drug-likeness (QED) is 0.530. The monoisotopic (exact) mass is 291 g/mol. The number of nitrogens with two attached hydrogens (primary N) is 1. The van der Waals surface area contributed by atoms with Gasteiger partial charge >= 0.3 is 5.69 Å². The number of nitrogens with one attached hydrogen (secondary N) is 2. The lowest BCUT2D eigenvalue weighted by Crippen LogP contribution is -2.32. The van der Waals surface area contributed by atoms with Crippen molar-refractivity contribution in [3.63, 3.8) is 0 Å². The van der Waals surface area contributed by atoms with Gasteiger partial charge in [-0.2, -0.15) is 5.10 Å². The number of nitrogens with zero attached hydrogens (tertiary/aromatic N) is 4. The first-order chi connectivity index (χ1) is 9.88. The van der Waals surface area contributed by atoms with E-state index in [1.807, 2.05) is 0 Å². The molecule has 0 saturated heterocycles. The normalized spacial score (nSPS) is 11.2. The standard InChI is InChI=1S/C13H21N7O/c1-8(2)7-19(5-4-10(14)15)11-6-12-17-18-13(21)20(12)9(3)16-11/h6,8H,4-5,7H2,1-3H3,(H3,14,15)(H,18,21). The van der Waals surface area contributed by atoms with Gasteiger partial charge in [-0.3, -0.25) is 5.41 Å². The Bertz CT molecular complexity index is 700. The zero-order valence-electron chi connectivity index (χ0n) is 12.6. The number of hydrogen-bond acceptors (Lipinski definition) is 5. The molecule has 0 aliphatic carbocycles. The van der Waals surface area contributed by atoms with Gasteiger partial charge in [-0.1, -0.05) is 13.8 Å². The first-order valence-electron chi connectivity index (χ1n) is 6.91. The van der Waals surface area contributed by atoms with Crippen molar-refractivity contribution in [1.29, 1.82) is 5.41 Å². The Hall–Kier alpha value is -2.38. The zero-order valence-corrected chi connectivity index (χ0v) is 12.6. The molecule has 21 heavy (non-hydrogen) atoms. The van der Waals surface area contributed by atoms with Crippen LogP contribution >= 0.6 is 0 Å². The summed E-state index contributed by atoms with van der Waals surface area (Å²) in [5, 5.41) is 13.8. The number of aromatic amines is 1. The number of anilines is 1. The van der Waals surface area contributed by atoms with Crippen LogP contribution in [0.2, 0.25) is 0 Å². The summed E-state index contributed by atoms with van der Waals surface area (Å²) in [7, 11) is 0. The molecule has 0 unspecified atom stereocenters. The average molecular weight is 291 g/mol. The van der Waals surface area contributed by atoms with Gasteiger partial charge in [-0.25, -0.2) is 19.3 Å². The Morgan fingerprint density at radius 3 is 2.90 bits per heavy atom. The van der Waals surface area contributed by atoms with Crippen LogP contribution < -0.4 is 16.3 Å². The molecule has 2 rings (SSSR count). The Balaban J connectivity index is 2.38. The smallest absolute Gasteiger partial charge is 0.349 e. The van der Waals surface area contributed by atoms with Crippen molar-refractivity contribution in [3.05, 3.63) is 22.4 Å². The molecule has 0 fully saturated rings. The van der Waals surface area contributed by atoms with E-state index in [1.54, 1.807) is 13.0 Å². The summed E-state index contributed by atoms with van der Waals surface area (Å²) in [5.41, 5.74) is 5.70. The summed E-state index contributed by atoms with van der Waals surface area (Å²) < 4.78 is 1.43. The highest BCUT2D eigenvalue weighted by Gasteiger charge is 2.14. The van der Waals surface area contributed by atoms with Crippen molar-refractivity contribution in [1.82, 2.24) is 19.6 Å². The summed E-state index contributed by atoms with van der Waals surface area (Å²) >= 11 is 0. The van der Waals surface area contributed by atoms with Crippen LogP contribution in [-0.2, 0) is 0 Å². The first-order valence-corrected chi connectivity index (χ1v) is 6.91. The number of aromatic nitrogens is 4. The second-order valence-corrected chi connectivity index (χ2v) is 5.50. The summed E-state index contributed by atoms with van der Waals surface area (Å²) in [6, 6.07) is 1.77. The van der Waals surface area contributed by atoms with Crippen LogP contribution in [0, 0.1) is 18.3 Å². The van der Waals surface area contributed by atoms with Crippen molar-refractivity contribution < 1.29 is 0 Å². The van der Waals surface area contributed by atoms with Crippen LogP contribution in [0.1, 0.15) is 26.1 Å². The van der Waals surface area contributed by atoms with Crippen LogP contribution in [-0.4, -0.2) is 38.5 Å². The highest BCUT2D eigenvalue weighted by Crippen LogP contribution is 2.16. The first kappa shape index (κ1) is 15.0. The fourth-order valence-electron chi connectivity index (χ4n) is 2.24. The average Bonchev–Trinajstić information content (AvgIpc) is 2.76. The zero-order chi connectivity index (χ0) is 15.6. The van der Waals surface area contributed by atoms with E-state index in [-0.39, 0.29) is 11.5 Å². The van der Waals surface area contributed by atoms with Gasteiger partial charge in [0.15, 0.2) is 5.65 Å². The second kappa shape index (κ2) is 5.94. The van der Waals surface area contributed by atoms with E-state index < -0.39 is 0 Å². The highest BCUT2D eigenvalue weighted by atomic mass is 16.1. The summed E-state index contributed by atoms with van der Waals surface area (Å²) in [6.07, 6.45) is 0.478. The van der Waals surface area contributed by atoms with Crippen molar-refractivity contribution >= 4 is 17.3 Å². The van der Waals surface area contributed by atoms with Gasteiger partial charge in [-0.05, 0) is 12.8 Å². The molecule has 2 aromatic rings. The van der Waals surface area contributed by atoms with Crippen LogP contribution in [0.25, 0.3) is 5.65 Å². The van der Waals surface area contributed by atoms with Crippen LogP contribution in [0.15, 0.2) is 10.9 Å². The van der Waals surface area contributed by atoms with E-state index in [0.717, 1.165) is 12.4 Å². The number of H-pyrrole nitrogens is 1. The van der Waals surface area contributed by atoms with Gasteiger partial charge in [0.1, 0.15) is 11.6 Å². The molecule has 0 aromatic carbocycles. The lowest BCUT2D eigenvalue weighted by atomic mass is 10.2. The molecule has 0 radical (unpaired) electrons. The molecule has 2 aromatic heterocycles. The molecule has 4 N–H and O–H groups in total. The maximum Gasteiger partial charge on any atom is 0.349 e. The number of aryl methyl sites for hydroxylation is 1. The Morgan fingerprint density at radius 2 is 2.29 bits per heavy atom. The summed E-state index contributed by atoms with van der Waals surface area (Å²) in [6.45, 7) is 7.41. The minimum atomic E-state index is -0.291. The van der Waals surface area contributed by atoms with Crippen molar-refractivity contribution in [2.45, 2.75) is 27.2 Å². The molecule has 0 atom stereocenters. The molecule has 0 bridgehead atoms. The predicted molar refractivity (Wildman–Crippen MR) is 81.9 cm³/mol. The van der Waals surface area contributed by atoms with E-state index in [9.17, 15) is 4.79 Å². The number of hydrogen-bond donors (Lipinski definition) is 3. The number of amidine groups is 1. The molecule has 0 aliphatic heterocycles. The fourth-order valence-corrected chi connectivity index (χ4v) is 2.24. The van der Waals surface area contributed by atoms with E-state index in [2.05, 4.69) is 33.9 Å². The van der Waals surface area contributed by atoms with Gasteiger partial charge in [0.25, 0.3) is 0 Å². The lowest BCUT2D eigenvalue weighted by Gasteiger charge is -2.25. The van der Waals surface area contributed by atoms with Crippen LogP contribution in [0.3, 0.4) is 0 Å². The molecular weight excluding hydrogens is 270 g/mol. The van der Waals surface area contributed by atoms with Crippen LogP contribution in [0.5, 0.6) is 0 Å². The molecule has 8 heteroatoms. The largest absolute Gasteiger partial charge is 0.388 e. The molecule has 114 valence electrons. The van der Waals surface area contributed by atoms with Crippen molar-refractivity contribution in [2.24, 2.45) is 11.7 Å². The topological polar surface area (TPSA) is 116 Å². The third kappa shape index (κ3) is 3.39. The lowest BCUT2D eigenvalue weighted by molar-refractivity contribution is 0.607. The SMILES string of the molecule is Cc1nc(N(CCC(=N)N)CC(C)C)cc2n[nH]c(=O)n12. The maximum absolute atomic E-state index is 11.6. The van der Waals surface area contributed by atoms with Gasteiger partial charge in [0.2, 0.25) is 0 Å². The molecule has 0 amide bonds. The van der Waals surface area contributed by atoms with Gasteiger partial charge < -0.3 is 10.6 Å². The van der Waals surface area contributed by atoms with E-state index in [0.29, 0.717) is 30.4 Å². The van der Waals surface area contributed by atoms with Crippen molar-refractivity contribution in [3.8, 4) is 0 Å².